The van der Waals surface area contributed by atoms with Crippen LogP contribution in [0, 0.1) is 5.41 Å². The Hall–Kier alpha value is -0.330. The fourth-order valence-corrected chi connectivity index (χ4v) is 2.09. The molecule has 0 amide bonds. The van der Waals surface area contributed by atoms with E-state index in [9.17, 15) is 4.79 Å². The number of rotatable bonds is 11. The predicted octanol–water partition coefficient (Wildman–Crippen LogP) is 5.43. The Bertz CT molecular complexity index is 167. The molecule has 1 heteroatoms. The van der Waals surface area contributed by atoms with Gasteiger partial charge in [-0.15, -0.1) is 0 Å². The molecule has 101 valence electrons. The van der Waals surface area contributed by atoms with Crippen LogP contribution < -0.4 is 0 Å². The minimum Gasteiger partial charge on any atom is -0.291 e. The third-order valence-electron chi connectivity index (χ3n) is 3.21. The highest BCUT2D eigenvalue weighted by Crippen LogP contribution is 2.22. The maximum atomic E-state index is 9.99. The maximum Gasteiger partial charge on any atom is 0.198 e. The van der Waals surface area contributed by atoms with Gasteiger partial charge < -0.3 is 0 Å². The summed E-state index contributed by atoms with van der Waals surface area (Å²) in [6.45, 7) is 6.97. The summed E-state index contributed by atoms with van der Waals surface area (Å²) < 4.78 is 0. The zero-order valence-corrected chi connectivity index (χ0v) is 12.2. The van der Waals surface area contributed by atoms with Gasteiger partial charge in [0.2, 0.25) is 0 Å². The quantitative estimate of drug-likeness (QED) is 0.439. The van der Waals surface area contributed by atoms with Crippen LogP contribution in [-0.2, 0) is 4.79 Å². The van der Waals surface area contributed by atoms with Crippen molar-refractivity contribution < 1.29 is 4.79 Å². The SMILES string of the molecule is CC(C)(C)CCCCCCCCCCC[C]=O. The second-order valence-corrected chi connectivity index (χ2v) is 6.39. The average Bonchev–Trinajstić information content (AvgIpc) is 2.24. The molecule has 0 saturated carbocycles. The van der Waals surface area contributed by atoms with E-state index in [-0.39, 0.29) is 0 Å². The molecular formula is C16H31O. The summed E-state index contributed by atoms with van der Waals surface area (Å²) >= 11 is 0. The van der Waals surface area contributed by atoms with Crippen LogP contribution in [0.3, 0.4) is 0 Å². The van der Waals surface area contributed by atoms with Gasteiger partial charge in [-0.2, -0.15) is 0 Å². The van der Waals surface area contributed by atoms with Gasteiger partial charge in [-0.3, -0.25) is 4.79 Å². The Morgan fingerprint density at radius 2 is 1.12 bits per heavy atom. The van der Waals surface area contributed by atoms with Crippen molar-refractivity contribution in [3.63, 3.8) is 0 Å². The van der Waals surface area contributed by atoms with E-state index >= 15 is 0 Å². The van der Waals surface area contributed by atoms with E-state index in [0.29, 0.717) is 11.8 Å². The van der Waals surface area contributed by atoms with Crippen LogP contribution in [0.1, 0.15) is 91.4 Å². The Morgan fingerprint density at radius 1 is 0.706 bits per heavy atom. The Morgan fingerprint density at radius 3 is 1.53 bits per heavy atom. The molecule has 1 radical (unpaired) electrons. The minimum absolute atomic E-state index is 0.510. The molecule has 0 unspecified atom stereocenters. The molecule has 17 heavy (non-hydrogen) atoms. The number of hydrogen-bond donors (Lipinski definition) is 0. The van der Waals surface area contributed by atoms with Gasteiger partial charge in [0, 0.05) is 6.42 Å². The van der Waals surface area contributed by atoms with Crippen molar-refractivity contribution in [3.8, 4) is 0 Å². The summed E-state index contributed by atoms with van der Waals surface area (Å²) in [7, 11) is 0. The smallest absolute Gasteiger partial charge is 0.198 e. The molecule has 0 aromatic carbocycles. The third-order valence-corrected chi connectivity index (χ3v) is 3.21. The standard InChI is InChI=1S/C16H31O/c1-16(2,3)14-12-10-8-6-4-5-7-9-11-13-15-17/h4-14H2,1-3H3. The zero-order valence-electron chi connectivity index (χ0n) is 12.2. The summed E-state index contributed by atoms with van der Waals surface area (Å²) in [6, 6.07) is 0. The number of carbonyl (C=O) groups excluding carboxylic acids is 1. The highest BCUT2D eigenvalue weighted by atomic mass is 16.1. The summed E-state index contributed by atoms with van der Waals surface area (Å²) in [5.74, 6) is 0. The fourth-order valence-electron chi connectivity index (χ4n) is 2.09. The summed E-state index contributed by atoms with van der Waals surface area (Å²) in [5.41, 5.74) is 0.510. The Balaban J connectivity index is 3.01. The lowest BCUT2D eigenvalue weighted by Gasteiger charge is -2.17. The Kier molecular flexibility index (Phi) is 10.6. The number of hydrogen-bond acceptors (Lipinski definition) is 1. The van der Waals surface area contributed by atoms with E-state index in [2.05, 4.69) is 20.8 Å². The van der Waals surface area contributed by atoms with E-state index < -0.39 is 0 Å². The summed E-state index contributed by atoms with van der Waals surface area (Å²) in [4.78, 5) is 9.99. The van der Waals surface area contributed by atoms with E-state index in [1.54, 1.807) is 0 Å². The van der Waals surface area contributed by atoms with Crippen molar-refractivity contribution in [3.05, 3.63) is 0 Å². The van der Waals surface area contributed by atoms with Crippen LogP contribution in [-0.4, -0.2) is 6.29 Å². The van der Waals surface area contributed by atoms with Gasteiger partial charge in [0.1, 0.15) is 0 Å². The lowest BCUT2D eigenvalue weighted by Crippen LogP contribution is -2.03. The molecule has 0 aliphatic rings. The summed E-state index contributed by atoms with van der Waals surface area (Å²) in [6.07, 6.45) is 15.8. The van der Waals surface area contributed by atoms with Crippen molar-refractivity contribution in [2.75, 3.05) is 0 Å². The van der Waals surface area contributed by atoms with Crippen molar-refractivity contribution in [1.29, 1.82) is 0 Å². The molecule has 0 saturated heterocycles. The van der Waals surface area contributed by atoms with Crippen molar-refractivity contribution in [1.82, 2.24) is 0 Å². The van der Waals surface area contributed by atoms with Crippen molar-refractivity contribution in [2.24, 2.45) is 5.41 Å². The van der Waals surface area contributed by atoms with Crippen LogP contribution in [0.2, 0.25) is 0 Å². The lowest BCUT2D eigenvalue weighted by atomic mass is 9.89. The first kappa shape index (κ1) is 16.7. The second kappa shape index (κ2) is 10.8. The molecule has 0 atom stereocenters. The Labute approximate surface area is 108 Å². The molecule has 0 spiro atoms. The molecule has 0 aliphatic heterocycles. The first-order valence-corrected chi connectivity index (χ1v) is 7.41. The molecule has 0 aliphatic carbocycles. The van der Waals surface area contributed by atoms with Gasteiger partial charge in [-0.05, 0) is 18.3 Å². The van der Waals surface area contributed by atoms with Crippen LogP contribution in [0.5, 0.6) is 0 Å². The normalized spacial score (nSPS) is 11.7. The van der Waals surface area contributed by atoms with E-state index in [1.165, 1.54) is 57.8 Å². The molecule has 0 fully saturated rings. The van der Waals surface area contributed by atoms with Gasteiger partial charge in [-0.25, -0.2) is 0 Å². The number of unbranched alkanes of at least 4 members (excludes halogenated alkanes) is 9. The monoisotopic (exact) mass is 239 g/mol. The van der Waals surface area contributed by atoms with Gasteiger partial charge >= 0.3 is 0 Å². The fraction of sp³-hybridized carbons (Fsp3) is 0.938. The molecule has 0 rings (SSSR count). The molecular weight excluding hydrogens is 208 g/mol. The topological polar surface area (TPSA) is 17.1 Å². The molecule has 1 nitrogen and oxygen atoms in total. The average molecular weight is 239 g/mol. The molecule has 0 heterocycles. The van der Waals surface area contributed by atoms with Gasteiger partial charge in [-0.1, -0.05) is 72.1 Å². The van der Waals surface area contributed by atoms with Crippen LogP contribution in [0.15, 0.2) is 0 Å². The largest absolute Gasteiger partial charge is 0.291 e. The van der Waals surface area contributed by atoms with Gasteiger partial charge in [0.05, 0.1) is 0 Å². The minimum atomic E-state index is 0.510. The first-order chi connectivity index (χ1) is 8.06. The van der Waals surface area contributed by atoms with Crippen molar-refractivity contribution >= 4 is 6.29 Å². The van der Waals surface area contributed by atoms with E-state index in [0.717, 1.165) is 6.42 Å². The van der Waals surface area contributed by atoms with Crippen molar-refractivity contribution in [2.45, 2.75) is 91.4 Å². The molecule has 0 bridgehead atoms. The summed E-state index contributed by atoms with van der Waals surface area (Å²) in [5, 5.41) is 0. The highest BCUT2D eigenvalue weighted by molar-refractivity contribution is 5.50. The third kappa shape index (κ3) is 15.7. The highest BCUT2D eigenvalue weighted by Gasteiger charge is 2.08. The first-order valence-electron chi connectivity index (χ1n) is 7.41. The van der Waals surface area contributed by atoms with E-state index in [1.807, 2.05) is 6.29 Å². The zero-order chi connectivity index (χ0) is 13.0. The van der Waals surface area contributed by atoms with Crippen LogP contribution >= 0.6 is 0 Å². The van der Waals surface area contributed by atoms with Crippen LogP contribution in [0.25, 0.3) is 0 Å². The lowest BCUT2D eigenvalue weighted by molar-refractivity contribution is 0.356. The van der Waals surface area contributed by atoms with Crippen LogP contribution in [0.4, 0.5) is 0 Å². The van der Waals surface area contributed by atoms with Gasteiger partial charge in [0.15, 0.2) is 6.29 Å². The molecule has 0 aromatic heterocycles. The predicted molar refractivity (Wildman–Crippen MR) is 75.9 cm³/mol. The molecule has 0 aromatic rings. The molecule has 0 N–H and O–H groups in total. The van der Waals surface area contributed by atoms with Gasteiger partial charge in [0.25, 0.3) is 0 Å². The maximum absolute atomic E-state index is 9.99. The second-order valence-electron chi connectivity index (χ2n) is 6.39. The van der Waals surface area contributed by atoms with E-state index in [4.69, 9.17) is 0 Å².